The maximum Gasteiger partial charge on any atom is 0.187 e. The zero-order valence-corrected chi connectivity index (χ0v) is 15.4. The largest absolute Gasteiger partial charge is 0.494 e. The van der Waals surface area contributed by atoms with Crippen molar-refractivity contribution in [3.8, 4) is 5.75 Å². The molecule has 1 aromatic carbocycles. The second kappa shape index (κ2) is 11.0. The third-order valence-electron chi connectivity index (χ3n) is 4.19. The first kappa shape index (κ1) is 18.7. The Morgan fingerprint density at radius 1 is 1.29 bits per heavy atom. The highest BCUT2D eigenvalue weighted by molar-refractivity contribution is 7.80. The van der Waals surface area contributed by atoms with Crippen LogP contribution in [0.25, 0.3) is 0 Å². The number of hydrazone groups is 1. The molecule has 0 bridgehead atoms. The molecule has 0 atom stereocenters. The van der Waals surface area contributed by atoms with Crippen LogP contribution < -0.4 is 15.5 Å². The molecule has 0 spiro atoms. The average Bonchev–Trinajstić information content (AvgIpc) is 2.60. The number of benzene rings is 1. The van der Waals surface area contributed by atoms with E-state index >= 15 is 0 Å². The van der Waals surface area contributed by atoms with Crippen molar-refractivity contribution >= 4 is 23.5 Å². The highest BCUT2D eigenvalue weighted by Gasteiger charge is 2.13. The van der Waals surface area contributed by atoms with Crippen molar-refractivity contribution < 1.29 is 4.74 Å². The molecular weight excluding hydrogens is 318 g/mol. The summed E-state index contributed by atoms with van der Waals surface area (Å²) in [6, 6.07) is 8.45. The highest BCUT2D eigenvalue weighted by Crippen LogP contribution is 2.17. The van der Waals surface area contributed by atoms with Crippen LogP contribution in [0.2, 0.25) is 0 Å². The SMILES string of the molecule is CCCCCOc1cccc(/C=N/NC(=S)NC2CCCCC2)c1. The second-order valence-corrected chi connectivity index (χ2v) is 6.71. The molecule has 0 saturated heterocycles. The van der Waals surface area contributed by atoms with Crippen molar-refractivity contribution in [3.05, 3.63) is 29.8 Å². The van der Waals surface area contributed by atoms with E-state index in [-0.39, 0.29) is 0 Å². The van der Waals surface area contributed by atoms with Crippen LogP contribution >= 0.6 is 12.2 Å². The molecule has 1 aromatic rings. The number of thiocarbonyl (C=S) groups is 1. The van der Waals surface area contributed by atoms with Gasteiger partial charge in [0.25, 0.3) is 0 Å². The Hall–Kier alpha value is -1.62. The van der Waals surface area contributed by atoms with Gasteiger partial charge in [0.15, 0.2) is 5.11 Å². The molecule has 0 radical (unpaired) electrons. The molecule has 0 amide bonds. The zero-order valence-electron chi connectivity index (χ0n) is 14.6. The summed E-state index contributed by atoms with van der Waals surface area (Å²) in [5, 5.41) is 8.16. The first-order valence-electron chi connectivity index (χ1n) is 9.10. The Morgan fingerprint density at radius 3 is 2.92 bits per heavy atom. The van der Waals surface area contributed by atoms with E-state index < -0.39 is 0 Å². The van der Waals surface area contributed by atoms with Gasteiger partial charge in [0.1, 0.15) is 5.75 Å². The fourth-order valence-electron chi connectivity index (χ4n) is 2.86. The van der Waals surface area contributed by atoms with Crippen LogP contribution in [0.3, 0.4) is 0 Å². The Bertz CT molecular complexity index is 527. The molecule has 24 heavy (non-hydrogen) atoms. The van der Waals surface area contributed by atoms with Crippen LogP contribution in [0, 0.1) is 0 Å². The van der Waals surface area contributed by atoms with Crippen molar-refractivity contribution in [2.45, 2.75) is 64.3 Å². The minimum absolute atomic E-state index is 0.494. The molecule has 0 unspecified atom stereocenters. The summed E-state index contributed by atoms with van der Waals surface area (Å²) < 4.78 is 5.76. The summed E-state index contributed by atoms with van der Waals surface area (Å²) in [4.78, 5) is 0. The van der Waals surface area contributed by atoms with Crippen LogP contribution in [-0.2, 0) is 0 Å². The number of nitrogens with zero attached hydrogens (tertiary/aromatic N) is 1. The molecule has 0 aromatic heterocycles. The molecule has 2 rings (SSSR count). The van der Waals surface area contributed by atoms with E-state index in [1.807, 2.05) is 24.3 Å². The zero-order chi connectivity index (χ0) is 17.0. The van der Waals surface area contributed by atoms with Gasteiger partial charge >= 0.3 is 0 Å². The van der Waals surface area contributed by atoms with E-state index in [0.29, 0.717) is 11.2 Å². The first-order chi connectivity index (χ1) is 11.8. The lowest BCUT2D eigenvalue weighted by molar-refractivity contribution is 0.306. The molecule has 0 aliphatic heterocycles. The van der Waals surface area contributed by atoms with Gasteiger partial charge in [-0.2, -0.15) is 5.10 Å². The normalized spacial score (nSPS) is 15.4. The smallest absolute Gasteiger partial charge is 0.187 e. The monoisotopic (exact) mass is 347 g/mol. The molecule has 1 aliphatic carbocycles. The fourth-order valence-corrected chi connectivity index (χ4v) is 3.08. The Morgan fingerprint density at radius 2 is 2.12 bits per heavy atom. The van der Waals surface area contributed by atoms with Gasteiger partial charge < -0.3 is 10.1 Å². The van der Waals surface area contributed by atoms with Crippen LogP contribution in [0.4, 0.5) is 0 Å². The van der Waals surface area contributed by atoms with E-state index in [2.05, 4.69) is 22.8 Å². The number of hydrogen-bond acceptors (Lipinski definition) is 3. The van der Waals surface area contributed by atoms with Gasteiger partial charge in [-0.15, -0.1) is 0 Å². The first-order valence-corrected chi connectivity index (χ1v) is 9.51. The fraction of sp³-hybridized carbons (Fsp3) is 0.579. The Balaban J connectivity index is 1.73. The third kappa shape index (κ3) is 7.30. The van der Waals surface area contributed by atoms with E-state index in [0.717, 1.165) is 24.3 Å². The lowest BCUT2D eigenvalue weighted by atomic mass is 9.96. The molecule has 1 saturated carbocycles. The van der Waals surface area contributed by atoms with Crippen LogP contribution in [0.1, 0.15) is 63.9 Å². The minimum atomic E-state index is 0.494. The average molecular weight is 348 g/mol. The summed E-state index contributed by atoms with van der Waals surface area (Å²) in [5.41, 5.74) is 3.90. The standard InChI is InChI=1S/C19H29N3OS/c1-2-3-7-13-23-18-12-8-9-16(14-18)15-20-22-19(24)21-17-10-5-4-6-11-17/h8-9,12,14-15,17H,2-7,10-11,13H2,1H3,(H2,21,22,24)/b20-15+. The van der Waals surface area contributed by atoms with Crippen molar-refractivity contribution in [1.82, 2.24) is 10.7 Å². The Labute approximate surface area is 151 Å². The lowest BCUT2D eigenvalue weighted by Crippen LogP contribution is -2.40. The molecular formula is C19H29N3OS. The predicted molar refractivity (Wildman–Crippen MR) is 105 cm³/mol. The number of ether oxygens (including phenoxy) is 1. The van der Waals surface area contributed by atoms with Gasteiger partial charge in [-0.1, -0.05) is 51.2 Å². The van der Waals surface area contributed by atoms with Crippen LogP contribution in [0.5, 0.6) is 5.75 Å². The summed E-state index contributed by atoms with van der Waals surface area (Å²) in [6.45, 7) is 2.96. The summed E-state index contributed by atoms with van der Waals surface area (Å²) >= 11 is 5.30. The molecule has 1 fully saturated rings. The van der Waals surface area contributed by atoms with Gasteiger partial charge in [-0.3, -0.25) is 5.43 Å². The number of unbranched alkanes of at least 4 members (excludes halogenated alkanes) is 2. The van der Waals surface area contributed by atoms with E-state index in [1.54, 1.807) is 6.21 Å². The third-order valence-corrected chi connectivity index (χ3v) is 4.40. The maximum absolute atomic E-state index is 5.76. The summed E-state index contributed by atoms with van der Waals surface area (Å²) in [5.74, 6) is 0.887. The molecule has 1 aliphatic rings. The van der Waals surface area contributed by atoms with Crippen molar-refractivity contribution in [2.24, 2.45) is 5.10 Å². The molecule has 4 nitrogen and oxygen atoms in total. The van der Waals surface area contributed by atoms with E-state index in [1.165, 1.54) is 44.9 Å². The lowest BCUT2D eigenvalue weighted by Gasteiger charge is -2.23. The van der Waals surface area contributed by atoms with Crippen LogP contribution in [0.15, 0.2) is 29.4 Å². The highest BCUT2D eigenvalue weighted by atomic mass is 32.1. The van der Waals surface area contributed by atoms with Gasteiger partial charge in [0.2, 0.25) is 0 Å². The van der Waals surface area contributed by atoms with Gasteiger partial charge in [0.05, 0.1) is 12.8 Å². The molecule has 0 heterocycles. The number of nitrogens with one attached hydrogen (secondary N) is 2. The van der Waals surface area contributed by atoms with Crippen LogP contribution in [-0.4, -0.2) is 24.0 Å². The summed E-state index contributed by atoms with van der Waals surface area (Å²) in [7, 11) is 0. The van der Waals surface area contributed by atoms with E-state index in [9.17, 15) is 0 Å². The molecule has 132 valence electrons. The molecule has 2 N–H and O–H groups in total. The molecule has 5 heteroatoms. The second-order valence-electron chi connectivity index (χ2n) is 6.31. The van der Waals surface area contributed by atoms with Crippen molar-refractivity contribution in [3.63, 3.8) is 0 Å². The van der Waals surface area contributed by atoms with Gasteiger partial charge in [-0.25, -0.2) is 0 Å². The van der Waals surface area contributed by atoms with E-state index in [4.69, 9.17) is 17.0 Å². The summed E-state index contributed by atoms with van der Waals surface area (Å²) in [6.07, 6.45) is 11.6. The van der Waals surface area contributed by atoms with Crippen molar-refractivity contribution in [2.75, 3.05) is 6.61 Å². The quantitative estimate of drug-likeness (QED) is 0.317. The van der Waals surface area contributed by atoms with Crippen molar-refractivity contribution in [1.29, 1.82) is 0 Å². The predicted octanol–water partition coefficient (Wildman–Crippen LogP) is 4.39. The Kier molecular flexibility index (Phi) is 8.60. The minimum Gasteiger partial charge on any atom is -0.494 e. The van der Waals surface area contributed by atoms with Gasteiger partial charge in [-0.05, 0) is 49.2 Å². The van der Waals surface area contributed by atoms with Gasteiger partial charge in [0, 0.05) is 6.04 Å². The number of hydrogen-bond donors (Lipinski definition) is 2. The maximum atomic E-state index is 5.76. The topological polar surface area (TPSA) is 45.6 Å². The number of rotatable bonds is 8.